The zero-order valence-electron chi connectivity index (χ0n) is 9.44. The van der Waals surface area contributed by atoms with Gasteiger partial charge >= 0.3 is 6.01 Å². The summed E-state index contributed by atoms with van der Waals surface area (Å²) in [4.78, 5) is 0. The van der Waals surface area contributed by atoms with Gasteiger partial charge in [-0.15, -0.1) is 5.10 Å². The third-order valence-electron chi connectivity index (χ3n) is 2.32. The second-order valence-corrected chi connectivity index (χ2v) is 3.60. The highest BCUT2D eigenvalue weighted by atomic mass is 16.5. The van der Waals surface area contributed by atoms with Gasteiger partial charge in [0.2, 0.25) is 0 Å². The van der Waals surface area contributed by atoms with Gasteiger partial charge in [-0.2, -0.15) is 0 Å². The number of rotatable bonds is 2. The van der Waals surface area contributed by atoms with Crippen molar-refractivity contribution in [1.29, 1.82) is 0 Å². The molecular weight excluding hydrogens is 206 g/mol. The Morgan fingerprint density at radius 1 is 1.25 bits per heavy atom. The van der Waals surface area contributed by atoms with Crippen LogP contribution < -0.4 is 10.5 Å². The van der Waals surface area contributed by atoms with E-state index in [-0.39, 0.29) is 6.01 Å². The second-order valence-electron chi connectivity index (χ2n) is 3.60. The first kappa shape index (κ1) is 10.5. The summed E-state index contributed by atoms with van der Waals surface area (Å²) in [7, 11) is 1.61. The van der Waals surface area contributed by atoms with E-state index in [4.69, 9.17) is 14.9 Å². The van der Waals surface area contributed by atoms with E-state index >= 15 is 0 Å². The number of anilines is 1. The first-order chi connectivity index (χ1) is 7.61. The fourth-order valence-corrected chi connectivity index (χ4v) is 1.70. The van der Waals surface area contributed by atoms with Gasteiger partial charge in [-0.1, -0.05) is 11.2 Å². The number of benzene rings is 1. The molecule has 0 saturated carbocycles. The molecule has 0 bridgehead atoms. The molecular formula is C11H13N3O2. The van der Waals surface area contributed by atoms with Gasteiger partial charge in [-0.3, -0.25) is 0 Å². The van der Waals surface area contributed by atoms with E-state index < -0.39 is 0 Å². The number of aryl methyl sites for hydroxylation is 2. The number of methoxy groups -OCH3 is 1. The van der Waals surface area contributed by atoms with Crippen molar-refractivity contribution in [1.82, 2.24) is 10.2 Å². The van der Waals surface area contributed by atoms with Crippen molar-refractivity contribution in [2.45, 2.75) is 13.8 Å². The molecule has 2 N–H and O–H groups in total. The van der Waals surface area contributed by atoms with E-state index in [1.165, 1.54) is 0 Å². The van der Waals surface area contributed by atoms with Crippen molar-refractivity contribution >= 4 is 6.01 Å². The van der Waals surface area contributed by atoms with Gasteiger partial charge in [-0.25, -0.2) is 0 Å². The van der Waals surface area contributed by atoms with E-state index in [0.29, 0.717) is 11.6 Å². The fraction of sp³-hybridized carbons (Fsp3) is 0.273. The maximum Gasteiger partial charge on any atom is 0.313 e. The number of nitrogen functional groups attached to an aromatic ring is 1. The van der Waals surface area contributed by atoms with E-state index in [0.717, 1.165) is 16.7 Å². The van der Waals surface area contributed by atoms with Crippen molar-refractivity contribution in [3.63, 3.8) is 0 Å². The van der Waals surface area contributed by atoms with Crippen LogP contribution in [0.25, 0.3) is 11.5 Å². The molecule has 2 aromatic rings. The minimum Gasteiger partial charge on any atom is -0.496 e. The molecule has 16 heavy (non-hydrogen) atoms. The monoisotopic (exact) mass is 219 g/mol. The Morgan fingerprint density at radius 2 is 2.00 bits per heavy atom. The molecule has 0 saturated heterocycles. The minimum atomic E-state index is 0.0528. The lowest BCUT2D eigenvalue weighted by Crippen LogP contribution is -1.92. The standard InChI is InChI=1S/C11H13N3O2/c1-6-4-7(2)9(8(5-6)15-3)10-13-14-11(12)16-10/h4-5H,1-3H3,(H2,12,14). The maximum absolute atomic E-state index is 5.41. The number of hydrogen-bond acceptors (Lipinski definition) is 5. The predicted molar refractivity (Wildman–Crippen MR) is 60.2 cm³/mol. The summed E-state index contributed by atoms with van der Waals surface area (Å²) in [6, 6.07) is 4.00. The van der Waals surface area contributed by atoms with Crippen LogP contribution >= 0.6 is 0 Å². The summed E-state index contributed by atoms with van der Waals surface area (Å²) >= 11 is 0. The molecule has 5 nitrogen and oxygen atoms in total. The Labute approximate surface area is 93.2 Å². The summed E-state index contributed by atoms with van der Waals surface area (Å²) in [5.41, 5.74) is 8.33. The quantitative estimate of drug-likeness (QED) is 0.835. The van der Waals surface area contributed by atoms with Crippen molar-refractivity contribution in [2.75, 3.05) is 12.8 Å². The smallest absolute Gasteiger partial charge is 0.313 e. The van der Waals surface area contributed by atoms with Crippen molar-refractivity contribution in [2.24, 2.45) is 0 Å². The van der Waals surface area contributed by atoms with Crippen LogP contribution in [-0.2, 0) is 0 Å². The molecule has 5 heteroatoms. The molecule has 0 aliphatic rings. The lowest BCUT2D eigenvalue weighted by atomic mass is 10.0. The van der Waals surface area contributed by atoms with Crippen LogP contribution in [0.5, 0.6) is 5.75 Å². The molecule has 84 valence electrons. The van der Waals surface area contributed by atoms with E-state index in [2.05, 4.69) is 10.2 Å². The molecule has 0 amide bonds. The molecule has 0 unspecified atom stereocenters. The number of aromatic nitrogens is 2. The van der Waals surface area contributed by atoms with Gasteiger partial charge in [0.05, 0.1) is 12.7 Å². The lowest BCUT2D eigenvalue weighted by molar-refractivity contribution is 0.414. The SMILES string of the molecule is COc1cc(C)cc(C)c1-c1nnc(N)o1. The summed E-state index contributed by atoms with van der Waals surface area (Å²) in [5.74, 6) is 1.09. The van der Waals surface area contributed by atoms with Crippen LogP contribution in [0.2, 0.25) is 0 Å². The maximum atomic E-state index is 5.41. The molecule has 1 aromatic carbocycles. The average molecular weight is 219 g/mol. The molecule has 2 rings (SSSR count). The van der Waals surface area contributed by atoms with Gasteiger partial charge < -0.3 is 14.9 Å². The Hall–Kier alpha value is -2.04. The normalized spacial score (nSPS) is 10.4. The molecule has 1 heterocycles. The number of nitrogens with zero attached hydrogens (tertiary/aromatic N) is 2. The van der Waals surface area contributed by atoms with Crippen LogP contribution in [0.4, 0.5) is 6.01 Å². The van der Waals surface area contributed by atoms with Crippen LogP contribution in [0.3, 0.4) is 0 Å². The average Bonchev–Trinajstić information content (AvgIpc) is 2.63. The number of nitrogens with two attached hydrogens (primary N) is 1. The molecule has 0 radical (unpaired) electrons. The first-order valence-electron chi connectivity index (χ1n) is 4.86. The van der Waals surface area contributed by atoms with Crippen LogP contribution in [0.15, 0.2) is 16.5 Å². The van der Waals surface area contributed by atoms with Crippen LogP contribution in [-0.4, -0.2) is 17.3 Å². The predicted octanol–water partition coefficient (Wildman–Crippen LogP) is 1.94. The largest absolute Gasteiger partial charge is 0.496 e. The Kier molecular flexibility index (Phi) is 2.52. The number of ether oxygens (including phenoxy) is 1. The summed E-state index contributed by atoms with van der Waals surface area (Å²) < 4.78 is 10.5. The molecule has 0 fully saturated rings. The van der Waals surface area contributed by atoms with Crippen LogP contribution in [0, 0.1) is 13.8 Å². The second kappa shape index (κ2) is 3.84. The summed E-state index contributed by atoms with van der Waals surface area (Å²) in [6.07, 6.45) is 0. The van der Waals surface area contributed by atoms with Gasteiger partial charge in [0.15, 0.2) is 0 Å². The van der Waals surface area contributed by atoms with Crippen molar-refractivity contribution in [3.8, 4) is 17.2 Å². The molecule has 0 aliphatic carbocycles. The zero-order chi connectivity index (χ0) is 11.7. The molecule has 0 spiro atoms. The minimum absolute atomic E-state index is 0.0528. The zero-order valence-corrected chi connectivity index (χ0v) is 9.44. The van der Waals surface area contributed by atoms with Gasteiger partial charge in [0.1, 0.15) is 5.75 Å². The highest BCUT2D eigenvalue weighted by molar-refractivity contribution is 5.68. The first-order valence-corrected chi connectivity index (χ1v) is 4.86. The van der Waals surface area contributed by atoms with Gasteiger partial charge in [0.25, 0.3) is 5.89 Å². The third-order valence-corrected chi connectivity index (χ3v) is 2.32. The third kappa shape index (κ3) is 1.71. The van der Waals surface area contributed by atoms with E-state index in [9.17, 15) is 0 Å². The molecule has 0 aliphatic heterocycles. The van der Waals surface area contributed by atoms with Crippen LogP contribution in [0.1, 0.15) is 11.1 Å². The van der Waals surface area contributed by atoms with Crippen molar-refractivity contribution in [3.05, 3.63) is 23.3 Å². The van der Waals surface area contributed by atoms with E-state index in [1.54, 1.807) is 7.11 Å². The highest BCUT2D eigenvalue weighted by Gasteiger charge is 2.15. The Bertz CT molecular complexity index is 520. The molecule has 1 aromatic heterocycles. The fourth-order valence-electron chi connectivity index (χ4n) is 1.70. The number of hydrogen-bond donors (Lipinski definition) is 1. The Morgan fingerprint density at radius 3 is 2.56 bits per heavy atom. The van der Waals surface area contributed by atoms with E-state index in [1.807, 2.05) is 26.0 Å². The molecule has 0 atom stereocenters. The van der Waals surface area contributed by atoms with Gasteiger partial charge in [-0.05, 0) is 31.0 Å². The summed E-state index contributed by atoms with van der Waals surface area (Å²) in [6.45, 7) is 3.96. The summed E-state index contributed by atoms with van der Waals surface area (Å²) in [5, 5.41) is 7.50. The topological polar surface area (TPSA) is 74.2 Å². The Balaban J connectivity index is 2.63. The van der Waals surface area contributed by atoms with Gasteiger partial charge in [0, 0.05) is 0 Å². The highest BCUT2D eigenvalue weighted by Crippen LogP contribution is 2.33. The van der Waals surface area contributed by atoms with Crippen molar-refractivity contribution < 1.29 is 9.15 Å². The lowest BCUT2D eigenvalue weighted by Gasteiger charge is -2.09.